The van der Waals surface area contributed by atoms with E-state index < -0.39 is 14.0 Å². The Kier molecular flexibility index (Phi) is 4.17. The zero-order valence-electron chi connectivity index (χ0n) is 11.0. The SMILES string of the molecule is C[Si](CC(=O)O)(Cc1ccccc1)c1ccccc1. The van der Waals surface area contributed by atoms with E-state index in [9.17, 15) is 9.90 Å². The van der Waals surface area contributed by atoms with Crippen molar-refractivity contribution in [3.8, 4) is 0 Å². The van der Waals surface area contributed by atoms with E-state index in [-0.39, 0.29) is 6.04 Å². The Morgan fingerprint density at radius 2 is 1.53 bits per heavy atom. The first-order chi connectivity index (χ1) is 9.10. The van der Waals surface area contributed by atoms with Crippen molar-refractivity contribution in [1.82, 2.24) is 0 Å². The van der Waals surface area contributed by atoms with Gasteiger partial charge in [0.25, 0.3) is 0 Å². The maximum absolute atomic E-state index is 11.2. The third kappa shape index (κ3) is 3.55. The van der Waals surface area contributed by atoms with E-state index in [0.717, 1.165) is 6.04 Å². The number of carboxylic acid groups (broad SMARTS) is 1. The summed E-state index contributed by atoms with van der Waals surface area (Å²) >= 11 is 0. The molecule has 0 aliphatic carbocycles. The molecular weight excluding hydrogens is 252 g/mol. The number of hydrogen-bond acceptors (Lipinski definition) is 1. The van der Waals surface area contributed by atoms with Crippen molar-refractivity contribution in [2.75, 3.05) is 0 Å². The topological polar surface area (TPSA) is 37.3 Å². The Morgan fingerprint density at radius 3 is 2.05 bits per heavy atom. The third-order valence-corrected chi connectivity index (χ3v) is 7.45. The van der Waals surface area contributed by atoms with Crippen molar-refractivity contribution < 1.29 is 9.90 Å². The lowest BCUT2D eigenvalue weighted by Crippen LogP contribution is -2.48. The molecule has 2 nitrogen and oxygen atoms in total. The summed E-state index contributed by atoms with van der Waals surface area (Å²) in [5.74, 6) is -0.700. The summed E-state index contributed by atoms with van der Waals surface area (Å²) in [5.41, 5.74) is 1.22. The van der Waals surface area contributed by atoms with Crippen molar-refractivity contribution in [3.63, 3.8) is 0 Å². The van der Waals surface area contributed by atoms with E-state index in [0.29, 0.717) is 0 Å². The van der Waals surface area contributed by atoms with Gasteiger partial charge in [-0.05, 0) is 6.04 Å². The lowest BCUT2D eigenvalue weighted by Gasteiger charge is -2.26. The van der Waals surface area contributed by atoms with Crippen LogP contribution in [0.1, 0.15) is 5.56 Å². The fraction of sp³-hybridized carbons (Fsp3) is 0.188. The van der Waals surface area contributed by atoms with Gasteiger partial charge in [-0.15, -0.1) is 0 Å². The molecule has 19 heavy (non-hydrogen) atoms. The van der Waals surface area contributed by atoms with Gasteiger partial charge in [0.1, 0.15) is 0 Å². The molecule has 1 N–H and O–H groups in total. The van der Waals surface area contributed by atoms with Crippen LogP contribution in [0.2, 0.25) is 12.6 Å². The van der Waals surface area contributed by atoms with Gasteiger partial charge in [-0.25, -0.2) is 0 Å². The van der Waals surface area contributed by atoms with Crippen LogP contribution in [0, 0.1) is 0 Å². The number of rotatable bonds is 5. The molecule has 0 heterocycles. The average molecular weight is 270 g/mol. The van der Waals surface area contributed by atoms with E-state index in [1.54, 1.807) is 0 Å². The molecule has 1 atom stereocenters. The Morgan fingerprint density at radius 1 is 1.00 bits per heavy atom. The smallest absolute Gasteiger partial charge is 0.300 e. The summed E-state index contributed by atoms with van der Waals surface area (Å²) in [6, 6.07) is 21.4. The number of carbonyl (C=O) groups is 1. The zero-order valence-corrected chi connectivity index (χ0v) is 12.0. The van der Waals surface area contributed by atoms with Gasteiger partial charge >= 0.3 is 5.97 Å². The van der Waals surface area contributed by atoms with Crippen LogP contribution in [-0.2, 0) is 10.8 Å². The highest BCUT2D eigenvalue weighted by Crippen LogP contribution is 2.17. The normalized spacial score (nSPS) is 13.7. The first-order valence-electron chi connectivity index (χ1n) is 6.41. The molecule has 0 aromatic heterocycles. The van der Waals surface area contributed by atoms with Crippen LogP contribution in [0.4, 0.5) is 0 Å². The number of benzene rings is 2. The highest BCUT2D eigenvalue weighted by Gasteiger charge is 2.32. The van der Waals surface area contributed by atoms with Crippen molar-refractivity contribution in [2.24, 2.45) is 0 Å². The van der Waals surface area contributed by atoms with Gasteiger partial charge in [-0.1, -0.05) is 78.0 Å². The van der Waals surface area contributed by atoms with Crippen molar-refractivity contribution in [1.29, 1.82) is 0 Å². The maximum atomic E-state index is 11.2. The lowest BCUT2D eigenvalue weighted by molar-refractivity contribution is -0.134. The predicted octanol–water partition coefficient (Wildman–Crippen LogP) is 2.84. The molecule has 0 radical (unpaired) electrons. The molecule has 0 aliphatic rings. The van der Waals surface area contributed by atoms with Gasteiger partial charge in [0.05, 0.1) is 8.07 Å². The van der Waals surface area contributed by atoms with Crippen LogP contribution in [0.3, 0.4) is 0 Å². The molecule has 3 heteroatoms. The minimum absolute atomic E-state index is 0.270. The Balaban J connectivity index is 2.32. The molecule has 98 valence electrons. The van der Waals surface area contributed by atoms with Gasteiger partial charge in [0.2, 0.25) is 0 Å². The van der Waals surface area contributed by atoms with E-state index in [4.69, 9.17) is 0 Å². The predicted molar refractivity (Wildman–Crippen MR) is 80.3 cm³/mol. The summed E-state index contributed by atoms with van der Waals surface area (Å²) in [6.07, 6.45) is 0. The fourth-order valence-corrected chi connectivity index (χ4v) is 5.82. The van der Waals surface area contributed by atoms with E-state index >= 15 is 0 Å². The molecule has 2 aromatic rings. The van der Waals surface area contributed by atoms with Gasteiger partial charge < -0.3 is 5.11 Å². The van der Waals surface area contributed by atoms with E-state index in [2.05, 4.69) is 30.8 Å². The molecule has 0 saturated heterocycles. The second kappa shape index (κ2) is 5.84. The molecule has 0 amide bonds. The van der Waals surface area contributed by atoms with Gasteiger partial charge in [0, 0.05) is 6.04 Å². The Hall–Kier alpha value is -1.87. The number of hydrogen-bond donors (Lipinski definition) is 1. The van der Waals surface area contributed by atoms with Crippen LogP contribution in [0.15, 0.2) is 60.7 Å². The second-order valence-electron chi connectivity index (χ2n) is 5.16. The van der Waals surface area contributed by atoms with E-state index in [1.165, 1.54) is 10.8 Å². The van der Waals surface area contributed by atoms with E-state index in [1.807, 2.05) is 36.4 Å². The second-order valence-corrected chi connectivity index (χ2v) is 9.57. The summed E-state index contributed by atoms with van der Waals surface area (Å²) in [4.78, 5) is 11.2. The summed E-state index contributed by atoms with van der Waals surface area (Å²) in [5, 5.41) is 10.4. The highest BCUT2D eigenvalue weighted by atomic mass is 28.3. The average Bonchev–Trinajstić information content (AvgIpc) is 2.40. The summed E-state index contributed by atoms with van der Waals surface area (Å²) in [7, 11) is -2.03. The van der Waals surface area contributed by atoms with Crippen LogP contribution < -0.4 is 5.19 Å². The minimum Gasteiger partial charge on any atom is -0.481 e. The van der Waals surface area contributed by atoms with Crippen molar-refractivity contribution >= 4 is 19.2 Å². The molecular formula is C16H18O2Si. The summed E-state index contributed by atoms with van der Waals surface area (Å²) < 4.78 is 0. The Bertz CT molecular complexity index is 539. The molecule has 0 bridgehead atoms. The highest BCUT2D eigenvalue weighted by molar-refractivity contribution is 6.92. The lowest BCUT2D eigenvalue weighted by atomic mass is 10.2. The molecule has 2 aromatic carbocycles. The van der Waals surface area contributed by atoms with Crippen LogP contribution in [-0.4, -0.2) is 19.1 Å². The number of aliphatic carboxylic acids is 1. The van der Waals surface area contributed by atoms with Crippen molar-refractivity contribution in [2.45, 2.75) is 18.6 Å². The summed E-state index contributed by atoms with van der Waals surface area (Å²) in [6.45, 7) is 2.16. The van der Waals surface area contributed by atoms with Crippen LogP contribution in [0.5, 0.6) is 0 Å². The van der Waals surface area contributed by atoms with Gasteiger partial charge in [-0.3, -0.25) is 4.79 Å². The standard InChI is InChI=1S/C16H18O2Si/c1-19(13-16(17)18,15-10-6-3-7-11-15)12-14-8-4-2-5-9-14/h2-11H,12-13H2,1H3,(H,17,18). The number of carboxylic acids is 1. The minimum atomic E-state index is -2.03. The zero-order chi connectivity index (χ0) is 13.7. The Labute approximate surface area is 114 Å². The largest absolute Gasteiger partial charge is 0.481 e. The maximum Gasteiger partial charge on any atom is 0.300 e. The molecule has 0 aliphatic heterocycles. The fourth-order valence-electron chi connectivity index (χ4n) is 2.49. The molecule has 0 fully saturated rings. The quantitative estimate of drug-likeness (QED) is 0.848. The molecule has 1 unspecified atom stereocenters. The molecule has 0 spiro atoms. The van der Waals surface area contributed by atoms with Crippen molar-refractivity contribution in [3.05, 3.63) is 66.2 Å². The first-order valence-corrected chi connectivity index (χ1v) is 9.33. The third-order valence-electron chi connectivity index (χ3n) is 3.45. The molecule has 2 rings (SSSR count). The van der Waals surface area contributed by atoms with Crippen LogP contribution >= 0.6 is 0 Å². The molecule has 0 saturated carbocycles. The van der Waals surface area contributed by atoms with Gasteiger partial charge in [-0.2, -0.15) is 0 Å². The first kappa shape index (κ1) is 13.6. The van der Waals surface area contributed by atoms with Gasteiger partial charge in [0.15, 0.2) is 0 Å². The van der Waals surface area contributed by atoms with Crippen LogP contribution in [0.25, 0.3) is 0 Å². The monoisotopic (exact) mass is 270 g/mol.